The number of methoxy groups -OCH3 is 1. The first-order valence-electron chi connectivity index (χ1n) is 6.46. The zero-order valence-corrected chi connectivity index (χ0v) is 11.1. The van der Waals surface area contributed by atoms with E-state index in [1.165, 1.54) is 7.11 Å². The Morgan fingerprint density at radius 1 is 1.47 bits per heavy atom. The van der Waals surface area contributed by atoms with Gasteiger partial charge in [-0.05, 0) is 19.4 Å². The number of nitrogens with zero attached hydrogens (tertiary/aromatic N) is 1. The third-order valence-corrected chi connectivity index (χ3v) is 3.58. The molecule has 1 aliphatic rings. The highest BCUT2D eigenvalue weighted by Gasteiger charge is 2.41. The van der Waals surface area contributed by atoms with Crippen LogP contribution in [-0.2, 0) is 9.53 Å². The predicted octanol–water partition coefficient (Wildman–Crippen LogP) is 1.54. The van der Waals surface area contributed by atoms with Crippen molar-refractivity contribution in [2.75, 3.05) is 26.7 Å². The molecule has 2 unspecified atom stereocenters. The summed E-state index contributed by atoms with van der Waals surface area (Å²) in [6, 6.07) is -0.169. The van der Waals surface area contributed by atoms with E-state index in [1.54, 1.807) is 4.90 Å². The minimum absolute atomic E-state index is 0.137. The minimum Gasteiger partial charge on any atom is -0.469 e. The van der Waals surface area contributed by atoms with E-state index in [4.69, 9.17) is 5.73 Å². The van der Waals surface area contributed by atoms with Gasteiger partial charge in [-0.3, -0.25) is 9.69 Å². The maximum Gasteiger partial charge on any atom is 0.394 e. The van der Waals surface area contributed by atoms with Gasteiger partial charge >= 0.3 is 12.1 Å². The minimum atomic E-state index is -4.29. The second-order valence-corrected chi connectivity index (χ2v) is 4.90. The number of likely N-dealkylation sites (tertiary alicyclic amines) is 1. The number of halogens is 3. The highest BCUT2D eigenvalue weighted by atomic mass is 19.4. The van der Waals surface area contributed by atoms with Crippen molar-refractivity contribution in [3.05, 3.63) is 0 Å². The molecule has 19 heavy (non-hydrogen) atoms. The van der Waals surface area contributed by atoms with Crippen LogP contribution in [0.25, 0.3) is 0 Å². The lowest BCUT2D eigenvalue weighted by Crippen LogP contribution is -2.48. The molecular weight excluding hydrogens is 261 g/mol. The molecule has 1 rings (SSSR count). The summed E-state index contributed by atoms with van der Waals surface area (Å²) in [5.41, 5.74) is 5.21. The van der Waals surface area contributed by atoms with Crippen LogP contribution in [-0.4, -0.2) is 49.8 Å². The van der Waals surface area contributed by atoms with E-state index in [9.17, 15) is 18.0 Å². The van der Waals surface area contributed by atoms with Crippen LogP contribution < -0.4 is 5.73 Å². The van der Waals surface area contributed by atoms with Gasteiger partial charge in [0.15, 0.2) is 0 Å². The van der Waals surface area contributed by atoms with E-state index in [2.05, 4.69) is 4.74 Å². The van der Waals surface area contributed by atoms with E-state index in [0.29, 0.717) is 6.54 Å². The van der Waals surface area contributed by atoms with Gasteiger partial charge in [-0.15, -0.1) is 0 Å². The molecule has 0 aliphatic carbocycles. The normalized spacial score (nSPS) is 23.1. The first-order valence-corrected chi connectivity index (χ1v) is 6.46. The summed E-state index contributed by atoms with van der Waals surface area (Å²) in [5.74, 6) is -1.92. The molecule has 0 bridgehead atoms. The number of alkyl halides is 3. The molecule has 7 heteroatoms. The average Bonchev–Trinajstić information content (AvgIpc) is 2.36. The standard InChI is InChI=1S/C12H21F3N2O2/c1-19-11(18)6-10-4-2-3-5-17(10)8-9(7-16)12(13,14)15/h9-10H,2-8,16H2,1H3. The topological polar surface area (TPSA) is 55.6 Å². The smallest absolute Gasteiger partial charge is 0.394 e. The molecule has 0 saturated carbocycles. The van der Waals surface area contributed by atoms with Crippen LogP contribution in [0, 0.1) is 5.92 Å². The van der Waals surface area contributed by atoms with Gasteiger partial charge in [0.05, 0.1) is 19.4 Å². The summed E-state index contributed by atoms with van der Waals surface area (Å²) < 4.78 is 42.8. The van der Waals surface area contributed by atoms with Gasteiger partial charge in [-0.1, -0.05) is 6.42 Å². The molecule has 2 N–H and O–H groups in total. The third kappa shape index (κ3) is 4.99. The largest absolute Gasteiger partial charge is 0.469 e. The Kier molecular flexibility index (Phi) is 6.06. The zero-order valence-electron chi connectivity index (χ0n) is 11.1. The lowest BCUT2D eigenvalue weighted by molar-refractivity contribution is -0.178. The predicted molar refractivity (Wildman–Crippen MR) is 64.4 cm³/mol. The molecule has 1 saturated heterocycles. The second kappa shape index (κ2) is 7.09. The van der Waals surface area contributed by atoms with E-state index < -0.39 is 18.6 Å². The number of rotatable bonds is 5. The third-order valence-electron chi connectivity index (χ3n) is 3.58. The lowest BCUT2D eigenvalue weighted by atomic mass is 9.97. The molecule has 1 heterocycles. The van der Waals surface area contributed by atoms with Crippen LogP contribution in [0.4, 0.5) is 13.2 Å². The monoisotopic (exact) mass is 282 g/mol. The number of nitrogens with two attached hydrogens (primary N) is 1. The lowest BCUT2D eigenvalue weighted by Gasteiger charge is -2.37. The number of esters is 1. The van der Waals surface area contributed by atoms with Crippen molar-refractivity contribution in [2.24, 2.45) is 11.7 Å². The van der Waals surface area contributed by atoms with Crippen LogP contribution in [0.1, 0.15) is 25.7 Å². The van der Waals surface area contributed by atoms with Crippen molar-refractivity contribution in [3.63, 3.8) is 0 Å². The van der Waals surface area contributed by atoms with Gasteiger partial charge in [0.2, 0.25) is 0 Å². The van der Waals surface area contributed by atoms with Crippen LogP contribution in [0.15, 0.2) is 0 Å². The quantitative estimate of drug-likeness (QED) is 0.777. The SMILES string of the molecule is COC(=O)CC1CCCCN1CC(CN)C(F)(F)F. The van der Waals surface area contributed by atoms with E-state index in [0.717, 1.165) is 19.3 Å². The van der Waals surface area contributed by atoms with Gasteiger partial charge in [-0.2, -0.15) is 13.2 Å². The molecule has 112 valence electrons. The first-order chi connectivity index (χ1) is 8.88. The summed E-state index contributed by atoms with van der Waals surface area (Å²) in [6.45, 7) is 0.0147. The van der Waals surface area contributed by atoms with E-state index >= 15 is 0 Å². The summed E-state index contributed by atoms with van der Waals surface area (Å²) in [4.78, 5) is 13.0. The Morgan fingerprint density at radius 3 is 2.68 bits per heavy atom. The van der Waals surface area contributed by atoms with Crippen LogP contribution in [0.2, 0.25) is 0 Å². The summed E-state index contributed by atoms with van der Waals surface area (Å²) in [7, 11) is 1.29. The maximum absolute atomic E-state index is 12.7. The zero-order chi connectivity index (χ0) is 14.5. The number of piperidine rings is 1. The Hall–Kier alpha value is -0.820. The molecular formula is C12H21F3N2O2. The molecule has 1 fully saturated rings. The summed E-state index contributed by atoms with van der Waals surface area (Å²) in [6.07, 6.45) is -1.64. The molecule has 2 atom stereocenters. The number of hydrogen-bond donors (Lipinski definition) is 1. The van der Waals surface area contributed by atoms with Crippen molar-refractivity contribution >= 4 is 5.97 Å². The van der Waals surface area contributed by atoms with Gasteiger partial charge in [0.25, 0.3) is 0 Å². The van der Waals surface area contributed by atoms with Crippen molar-refractivity contribution < 1.29 is 22.7 Å². The van der Waals surface area contributed by atoms with Gasteiger partial charge < -0.3 is 10.5 Å². The Labute approximate surface area is 111 Å². The van der Waals surface area contributed by atoms with Crippen molar-refractivity contribution in [2.45, 2.75) is 37.9 Å². The molecule has 0 radical (unpaired) electrons. The highest BCUT2D eigenvalue weighted by molar-refractivity contribution is 5.69. The van der Waals surface area contributed by atoms with Gasteiger partial charge in [0, 0.05) is 19.1 Å². The van der Waals surface area contributed by atoms with Crippen LogP contribution in [0.3, 0.4) is 0 Å². The molecule has 0 spiro atoms. The van der Waals surface area contributed by atoms with Crippen molar-refractivity contribution in [3.8, 4) is 0 Å². The Bertz CT molecular complexity index is 297. The Morgan fingerprint density at radius 2 is 2.16 bits per heavy atom. The van der Waals surface area contributed by atoms with Crippen LogP contribution in [0.5, 0.6) is 0 Å². The summed E-state index contributed by atoms with van der Waals surface area (Å²) in [5, 5.41) is 0. The number of carbonyl (C=O) groups is 1. The van der Waals surface area contributed by atoms with E-state index in [1.807, 2.05) is 0 Å². The number of ether oxygens (including phenoxy) is 1. The fraction of sp³-hybridized carbons (Fsp3) is 0.917. The van der Waals surface area contributed by atoms with E-state index in [-0.39, 0.29) is 25.0 Å². The Balaban J connectivity index is 2.63. The fourth-order valence-electron chi connectivity index (χ4n) is 2.40. The number of hydrogen-bond acceptors (Lipinski definition) is 4. The van der Waals surface area contributed by atoms with Gasteiger partial charge in [-0.25, -0.2) is 0 Å². The second-order valence-electron chi connectivity index (χ2n) is 4.90. The molecule has 0 aromatic rings. The molecule has 1 aliphatic heterocycles. The van der Waals surface area contributed by atoms with Crippen LogP contribution >= 0.6 is 0 Å². The maximum atomic E-state index is 12.7. The molecule has 0 aromatic heterocycles. The summed E-state index contributed by atoms with van der Waals surface area (Å²) >= 11 is 0. The average molecular weight is 282 g/mol. The highest BCUT2D eigenvalue weighted by Crippen LogP contribution is 2.29. The number of carbonyl (C=O) groups excluding carboxylic acids is 1. The molecule has 4 nitrogen and oxygen atoms in total. The fourth-order valence-corrected chi connectivity index (χ4v) is 2.40. The van der Waals surface area contributed by atoms with Gasteiger partial charge in [0.1, 0.15) is 0 Å². The molecule has 0 aromatic carbocycles. The molecule has 0 amide bonds. The van der Waals surface area contributed by atoms with Crippen molar-refractivity contribution in [1.29, 1.82) is 0 Å². The first kappa shape index (κ1) is 16.2. The van der Waals surface area contributed by atoms with Crippen molar-refractivity contribution in [1.82, 2.24) is 4.90 Å².